The SMILES string of the molecule is COc1ccc(CCC(C)(C)OOOC(=O)C(=O)OOOC(C)(C)C)cc1. The lowest BCUT2D eigenvalue weighted by Gasteiger charge is -2.21. The Hall–Kier alpha value is -2.20. The van der Waals surface area contributed by atoms with Gasteiger partial charge in [-0.05, 0) is 75.2 Å². The van der Waals surface area contributed by atoms with E-state index in [1.807, 2.05) is 24.3 Å². The fourth-order valence-electron chi connectivity index (χ4n) is 1.64. The summed E-state index contributed by atoms with van der Waals surface area (Å²) in [7, 11) is 1.60. The van der Waals surface area contributed by atoms with Crippen LogP contribution in [0.1, 0.15) is 46.6 Å². The van der Waals surface area contributed by atoms with E-state index in [9.17, 15) is 9.59 Å². The summed E-state index contributed by atoms with van der Waals surface area (Å²) in [4.78, 5) is 40.7. The van der Waals surface area contributed by atoms with Crippen molar-refractivity contribution in [2.45, 2.75) is 58.7 Å². The van der Waals surface area contributed by atoms with Crippen LogP contribution in [0.5, 0.6) is 5.75 Å². The molecule has 0 aromatic heterocycles. The van der Waals surface area contributed by atoms with Crippen LogP contribution < -0.4 is 4.74 Å². The van der Waals surface area contributed by atoms with Crippen molar-refractivity contribution in [3.63, 3.8) is 0 Å². The predicted octanol–water partition coefficient (Wildman–Crippen LogP) is 3.02. The number of aryl methyl sites for hydroxylation is 1. The summed E-state index contributed by atoms with van der Waals surface area (Å²) < 4.78 is 5.10. The number of carbonyl (C=O) groups excluding carboxylic acids is 2. The van der Waals surface area contributed by atoms with Gasteiger partial charge in [-0.2, -0.15) is 9.78 Å². The van der Waals surface area contributed by atoms with Crippen LogP contribution >= 0.6 is 0 Å². The van der Waals surface area contributed by atoms with Crippen LogP contribution in [0.15, 0.2) is 24.3 Å². The van der Waals surface area contributed by atoms with E-state index in [-0.39, 0.29) is 0 Å². The molecule has 27 heavy (non-hydrogen) atoms. The molecule has 1 rings (SSSR count). The molecule has 0 bridgehead atoms. The molecule has 9 heteroatoms. The molecule has 1 aromatic rings. The zero-order chi connectivity index (χ0) is 20.5. The van der Waals surface area contributed by atoms with Crippen LogP contribution in [-0.2, 0) is 45.6 Å². The first-order valence-electron chi connectivity index (χ1n) is 8.28. The van der Waals surface area contributed by atoms with Crippen molar-refractivity contribution in [3.05, 3.63) is 29.8 Å². The Bertz CT molecular complexity index is 602. The maximum absolute atomic E-state index is 11.4. The van der Waals surface area contributed by atoms with Crippen molar-refractivity contribution in [3.8, 4) is 5.75 Å². The van der Waals surface area contributed by atoms with Gasteiger partial charge in [0.15, 0.2) is 0 Å². The number of rotatable bonds is 9. The van der Waals surface area contributed by atoms with Gasteiger partial charge in [-0.15, -0.1) is 0 Å². The molecule has 0 unspecified atom stereocenters. The normalized spacial score (nSPS) is 11.8. The minimum Gasteiger partial charge on any atom is -0.497 e. The number of ether oxygens (including phenoxy) is 1. The third-order valence-electron chi connectivity index (χ3n) is 3.10. The molecule has 0 fully saturated rings. The molecular weight excluding hydrogens is 360 g/mol. The first kappa shape index (κ1) is 22.8. The van der Waals surface area contributed by atoms with Gasteiger partial charge >= 0.3 is 11.9 Å². The molecule has 0 atom stereocenters. The monoisotopic (exact) mass is 386 g/mol. The van der Waals surface area contributed by atoms with E-state index in [4.69, 9.17) is 9.62 Å². The number of methoxy groups -OCH3 is 1. The second-order valence-corrected chi connectivity index (χ2v) is 7.26. The highest BCUT2D eigenvalue weighted by atomic mass is 17.5. The number of benzene rings is 1. The largest absolute Gasteiger partial charge is 0.497 e. The Kier molecular flexibility index (Phi) is 8.64. The summed E-state index contributed by atoms with van der Waals surface area (Å²) in [6, 6.07) is 7.59. The molecule has 0 N–H and O–H groups in total. The Labute approximate surface area is 158 Å². The number of hydrogen-bond acceptors (Lipinski definition) is 9. The summed E-state index contributed by atoms with van der Waals surface area (Å²) in [5.41, 5.74) is -0.433. The molecule has 0 heterocycles. The number of carbonyl (C=O) groups is 2. The van der Waals surface area contributed by atoms with Crippen LogP contribution in [-0.4, -0.2) is 30.3 Å². The van der Waals surface area contributed by atoms with Gasteiger partial charge in [0.25, 0.3) is 0 Å². The summed E-state index contributed by atoms with van der Waals surface area (Å²) in [6.45, 7) is 8.45. The van der Waals surface area contributed by atoms with Crippen LogP contribution in [0.3, 0.4) is 0 Å². The summed E-state index contributed by atoms with van der Waals surface area (Å²) in [5.74, 6) is -2.15. The average molecular weight is 386 g/mol. The van der Waals surface area contributed by atoms with Gasteiger partial charge in [-0.25, -0.2) is 9.59 Å². The molecule has 0 aliphatic carbocycles. The quantitative estimate of drug-likeness (QED) is 0.360. The van der Waals surface area contributed by atoms with Crippen molar-refractivity contribution in [2.75, 3.05) is 7.11 Å². The Morgan fingerprint density at radius 1 is 0.852 bits per heavy atom. The molecule has 152 valence electrons. The van der Waals surface area contributed by atoms with E-state index in [2.05, 4.69) is 24.7 Å². The second-order valence-electron chi connectivity index (χ2n) is 7.26. The molecular formula is C18H26O9. The van der Waals surface area contributed by atoms with Gasteiger partial charge in [-0.3, -0.25) is 9.78 Å². The molecule has 1 aromatic carbocycles. The van der Waals surface area contributed by atoms with Gasteiger partial charge < -0.3 is 4.74 Å². The predicted molar refractivity (Wildman–Crippen MR) is 91.7 cm³/mol. The van der Waals surface area contributed by atoms with Gasteiger partial charge in [0.2, 0.25) is 0 Å². The van der Waals surface area contributed by atoms with E-state index < -0.39 is 23.1 Å². The summed E-state index contributed by atoms with van der Waals surface area (Å²) >= 11 is 0. The molecule has 0 saturated heterocycles. The van der Waals surface area contributed by atoms with Crippen molar-refractivity contribution in [2.24, 2.45) is 0 Å². The zero-order valence-corrected chi connectivity index (χ0v) is 16.4. The molecule has 9 nitrogen and oxygen atoms in total. The highest BCUT2D eigenvalue weighted by Gasteiger charge is 2.26. The second kappa shape index (κ2) is 10.2. The summed E-state index contributed by atoms with van der Waals surface area (Å²) in [6.07, 6.45) is 1.25. The van der Waals surface area contributed by atoms with Crippen LogP contribution in [0.4, 0.5) is 0 Å². The maximum Gasteiger partial charge on any atom is 0.456 e. The van der Waals surface area contributed by atoms with Crippen LogP contribution in [0.2, 0.25) is 0 Å². The lowest BCUT2D eigenvalue weighted by Crippen LogP contribution is -2.28. The van der Waals surface area contributed by atoms with Gasteiger partial charge in [0, 0.05) is 0 Å². The van der Waals surface area contributed by atoms with Crippen molar-refractivity contribution in [1.82, 2.24) is 0 Å². The average Bonchev–Trinajstić information content (AvgIpc) is 2.59. The minimum atomic E-state index is -1.46. The van der Waals surface area contributed by atoms with Crippen molar-refractivity contribution in [1.29, 1.82) is 0 Å². The highest BCUT2D eigenvalue weighted by Crippen LogP contribution is 2.20. The fraction of sp³-hybridized carbons (Fsp3) is 0.556. The van der Waals surface area contributed by atoms with Crippen molar-refractivity contribution >= 4 is 11.9 Å². The van der Waals surface area contributed by atoms with Gasteiger partial charge in [0.05, 0.1) is 12.7 Å². The Balaban J connectivity index is 2.29. The van der Waals surface area contributed by atoms with E-state index in [0.29, 0.717) is 12.8 Å². The Morgan fingerprint density at radius 2 is 1.37 bits per heavy atom. The first-order valence-corrected chi connectivity index (χ1v) is 8.28. The lowest BCUT2D eigenvalue weighted by molar-refractivity contribution is -0.525. The third-order valence-corrected chi connectivity index (χ3v) is 3.10. The zero-order valence-electron chi connectivity index (χ0n) is 16.4. The fourth-order valence-corrected chi connectivity index (χ4v) is 1.64. The molecule has 0 aliphatic heterocycles. The maximum atomic E-state index is 11.4. The highest BCUT2D eigenvalue weighted by molar-refractivity contribution is 6.29. The third kappa shape index (κ3) is 9.90. The molecule has 0 aliphatic rings. The van der Waals surface area contributed by atoms with Crippen LogP contribution in [0.25, 0.3) is 0 Å². The van der Waals surface area contributed by atoms with Gasteiger partial charge in [-0.1, -0.05) is 12.1 Å². The molecule has 0 amide bonds. The Morgan fingerprint density at radius 3 is 1.85 bits per heavy atom. The topological polar surface area (TPSA) is 98.8 Å². The molecule has 0 radical (unpaired) electrons. The summed E-state index contributed by atoms with van der Waals surface area (Å²) in [5, 5.41) is 8.56. The van der Waals surface area contributed by atoms with Crippen LogP contribution in [0, 0.1) is 0 Å². The minimum absolute atomic E-state index is 0.559. The molecule has 0 spiro atoms. The number of hydrogen-bond donors (Lipinski definition) is 0. The van der Waals surface area contributed by atoms with Crippen molar-refractivity contribution < 1.29 is 44.0 Å². The van der Waals surface area contributed by atoms with E-state index in [1.54, 1.807) is 41.7 Å². The first-order chi connectivity index (χ1) is 12.5. The standard InChI is InChI=1S/C18H26O9/c1-17(2,3)24-26-22-15(19)16(20)23-27-25-18(4,5)12-11-13-7-9-14(21-6)10-8-13/h7-10H,11-12H2,1-6H3. The van der Waals surface area contributed by atoms with E-state index in [1.165, 1.54) is 0 Å². The van der Waals surface area contributed by atoms with E-state index in [0.717, 1.165) is 11.3 Å². The smallest absolute Gasteiger partial charge is 0.456 e. The molecule has 0 saturated carbocycles. The lowest BCUT2D eigenvalue weighted by atomic mass is 9.99. The van der Waals surface area contributed by atoms with E-state index >= 15 is 0 Å². The van der Waals surface area contributed by atoms with Gasteiger partial charge in [0.1, 0.15) is 11.4 Å².